The van der Waals surface area contributed by atoms with Gasteiger partial charge >= 0.3 is 0 Å². The van der Waals surface area contributed by atoms with Crippen molar-refractivity contribution >= 4 is 60.6 Å². The first kappa shape index (κ1) is 15.2. The third kappa shape index (κ3) is 2.80. The Balaban J connectivity index is 2.15. The Morgan fingerprint density at radius 2 is 2.00 bits per heavy atom. The molecule has 0 spiro atoms. The number of benzene rings is 2. The second-order valence-electron chi connectivity index (χ2n) is 4.56. The maximum Gasteiger partial charge on any atom is 0.123 e. The largest absolute Gasteiger partial charge is 0.496 e. The summed E-state index contributed by atoms with van der Waals surface area (Å²) in [6.45, 7) is 0. The maximum absolute atomic E-state index is 6.71. The predicted molar refractivity (Wildman–Crippen MR) is 95.2 cm³/mol. The minimum atomic E-state index is -0.304. The van der Waals surface area contributed by atoms with Crippen LogP contribution in [0.5, 0.6) is 5.75 Å². The summed E-state index contributed by atoms with van der Waals surface area (Å²) in [7, 11) is 1.64. The van der Waals surface area contributed by atoms with Gasteiger partial charge < -0.3 is 4.74 Å². The van der Waals surface area contributed by atoms with Gasteiger partial charge in [-0.05, 0) is 56.5 Å². The molecule has 0 radical (unpaired) electrons. The zero-order chi connectivity index (χ0) is 15.0. The van der Waals surface area contributed by atoms with Crippen molar-refractivity contribution in [3.05, 3.63) is 62.4 Å². The Kier molecular flexibility index (Phi) is 4.46. The van der Waals surface area contributed by atoms with Crippen LogP contribution in [0.4, 0.5) is 0 Å². The predicted octanol–water partition coefficient (Wildman–Crippen LogP) is 6.65. The first-order chi connectivity index (χ1) is 10.1. The number of hydrogen-bond donors (Lipinski definition) is 0. The SMILES string of the molecule is COc1ccc(Cl)cc1C(Cl)c1csc2c(Br)cccc12. The van der Waals surface area contributed by atoms with Crippen LogP contribution < -0.4 is 4.74 Å². The Bertz CT molecular complexity index is 800. The molecule has 108 valence electrons. The van der Waals surface area contributed by atoms with E-state index < -0.39 is 0 Å². The van der Waals surface area contributed by atoms with Gasteiger partial charge in [0.2, 0.25) is 0 Å². The number of hydrogen-bond acceptors (Lipinski definition) is 2. The first-order valence-corrected chi connectivity index (χ1v) is 8.73. The summed E-state index contributed by atoms with van der Waals surface area (Å²) in [6, 6.07) is 11.6. The average Bonchev–Trinajstić information content (AvgIpc) is 2.92. The van der Waals surface area contributed by atoms with Gasteiger partial charge in [0.05, 0.1) is 12.5 Å². The molecule has 0 saturated heterocycles. The zero-order valence-corrected chi connectivity index (χ0v) is 15.0. The molecule has 21 heavy (non-hydrogen) atoms. The van der Waals surface area contributed by atoms with Gasteiger partial charge in [-0.1, -0.05) is 23.7 Å². The molecule has 1 aromatic heterocycles. The summed E-state index contributed by atoms with van der Waals surface area (Å²) < 4.78 is 7.68. The highest BCUT2D eigenvalue weighted by atomic mass is 79.9. The van der Waals surface area contributed by atoms with E-state index in [-0.39, 0.29) is 5.38 Å². The quantitative estimate of drug-likeness (QED) is 0.446. The van der Waals surface area contributed by atoms with Crippen LogP contribution in [-0.2, 0) is 0 Å². The third-order valence-electron chi connectivity index (χ3n) is 3.32. The van der Waals surface area contributed by atoms with E-state index in [0.29, 0.717) is 5.02 Å². The van der Waals surface area contributed by atoms with Gasteiger partial charge in [-0.15, -0.1) is 22.9 Å². The molecular weight excluding hydrogens is 391 g/mol. The molecule has 0 saturated carbocycles. The van der Waals surface area contributed by atoms with E-state index in [1.54, 1.807) is 24.5 Å². The lowest BCUT2D eigenvalue weighted by atomic mass is 10.0. The van der Waals surface area contributed by atoms with E-state index in [2.05, 4.69) is 27.4 Å². The Hall–Kier alpha value is -0.740. The Labute approximate surface area is 145 Å². The number of halogens is 3. The van der Waals surface area contributed by atoms with Crippen molar-refractivity contribution in [3.8, 4) is 5.75 Å². The third-order valence-corrected chi connectivity index (χ3v) is 6.00. The molecule has 1 nitrogen and oxygen atoms in total. The van der Waals surface area contributed by atoms with Crippen LogP contribution in [0.3, 0.4) is 0 Å². The second-order valence-corrected chi connectivity index (χ2v) is 7.16. The Morgan fingerprint density at radius 3 is 2.76 bits per heavy atom. The molecule has 5 heteroatoms. The maximum atomic E-state index is 6.71. The summed E-state index contributed by atoms with van der Waals surface area (Å²) in [5.41, 5.74) is 1.95. The minimum absolute atomic E-state index is 0.304. The fourth-order valence-corrected chi connectivity index (χ4v) is 4.56. The van der Waals surface area contributed by atoms with Crippen molar-refractivity contribution in [2.24, 2.45) is 0 Å². The molecule has 0 aliphatic carbocycles. The molecule has 0 bridgehead atoms. The van der Waals surface area contributed by atoms with Gasteiger partial charge in [-0.2, -0.15) is 0 Å². The monoisotopic (exact) mass is 400 g/mol. The van der Waals surface area contributed by atoms with Gasteiger partial charge in [0.25, 0.3) is 0 Å². The van der Waals surface area contributed by atoms with E-state index in [1.165, 1.54) is 4.70 Å². The summed E-state index contributed by atoms with van der Waals surface area (Å²) in [5.74, 6) is 0.744. The summed E-state index contributed by atoms with van der Waals surface area (Å²) in [5, 5.41) is 3.59. The van der Waals surface area contributed by atoms with Crippen molar-refractivity contribution < 1.29 is 4.74 Å². The van der Waals surface area contributed by atoms with E-state index in [4.69, 9.17) is 27.9 Å². The zero-order valence-electron chi connectivity index (χ0n) is 11.1. The van der Waals surface area contributed by atoms with Crippen LogP contribution in [0.25, 0.3) is 10.1 Å². The molecule has 0 aliphatic rings. The molecule has 1 atom stereocenters. The lowest BCUT2D eigenvalue weighted by Gasteiger charge is -2.14. The normalized spacial score (nSPS) is 12.6. The molecule has 1 heterocycles. The molecule has 3 aromatic rings. The molecular formula is C16H11BrCl2OS. The van der Waals surface area contributed by atoms with Crippen LogP contribution in [-0.4, -0.2) is 7.11 Å². The average molecular weight is 402 g/mol. The van der Waals surface area contributed by atoms with Gasteiger partial charge in [-0.3, -0.25) is 0 Å². The van der Waals surface area contributed by atoms with Gasteiger partial charge in [-0.25, -0.2) is 0 Å². The van der Waals surface area contributed by atoms with E-state index in [1.807, 2.05) is 24.3 Å². The van der Waals surface area contributed by atoms with Gasteiger partial charge in [0, 0.05) is 19.8 Å². The summed E-state index contributed by atoms with van der Waals surface area (Å²) >= 11 is 18.1. The molecule has 3 rings (SSSR count). The first-order valence-electron chi connectivity index (χ1n) is 6.25. The smallest absolute Gasteiger partial charge is 0.123 e. The molecule has 0 N–H and O–H groups in total. The highest BCUT2D eigenvalue weighted by Crippen LogP contribution is 2.43. The fourth-order valence-electron chi connectivity index (χ4n) is 2.31. The molecule has 0 aliphatic heterocycles. The number of rotatable bonds is 3. The van der Waals surface area contributed by atoms with Gasteiger partial charge in [0.15, 0.2) is 0 Å². The van der Waals surface area contributed by atoms with Crippen LogP contribution in [0.1, 0.15) is 16.5 Å². The molecule has 2 aromatic carbocycles. The highest BCUT2D eigenvalue weighted by molar-refractivity contribution is 9.10. The van der Waals surface area contributed by atoms with Crippen molar-refractivity contribution in [1.29, 1.82) is 0 Å². The fraction of sp³-hybridized carbons (Fsp3) is 0.125. The molecule has 0 fully saturated rings. The van der Waals surface area contributed by atoms with Crippen LogP contribution in [0.2, 0.25) is 5.02 Å². The van der Waals surface area contributed by atoms with Crippen LogP contribution in [0, 0.1) is 0 Å². The molecule has 1 unspecified atom stereocenters. The molecule has 0 amide bonds. The number of thiophene rings is 1. The van der Waals surface area contributed by atoms with Crippen molar-refractivity contribution in [1.82, 2.24) is 0 Å². The van der Waals surface area contributed by atoms with E-state index >= 15 is 0 Å². The Morgan fingerprint density at radius 1 is 1.19 bits per heavy atom. The summed E-state index contributed by atoms with van der Waals surface area (Å²) in [6.07, 6.45) is 0. The number of methoxy groups -OCH3 is 1. The van der Waals surface area contributed by atoms with Crippen molar-refractivity contribution in [3.63, 3.8) is 0 Å². The standard InChI is InChI=1S/C16H11BrCl2OS/c1-20-14-6-5-9(18)7-11(14)15(19)12-8-21-16-10(12)3-2-4-13(16)17/h2-8,15H,1H3. The lowest BCUT2D eigenvalue weighted by Crippen LogP contribution is -1.97. The topological polar surface area (TPSA) is 9.23 Å². The van der Waals surface area contributed by atoms with Crippen LogP contribution >= 0.6 is 50.5 Å². The number of ether oxygens (including phenoxy) is 1. The van der Waals surface area contributed by atoms with Crippen molar-refractivity contribution in [2.45, 2.75) is 5.38 Å². The minimum Gasteiger partial charge on any atom is -0.496 e. The number of fused-ring (bicyclic) bond motifs is 1. The lowest BCUT2D eigenvalue weighted by molar-refractivity contribution is 0.410. The van der Waals surface area contributed by atoms with E-state index in [9.17, 15) is 0 Å². The second kappa shape index (κ2) is 6.17. The number of alkyl halides is 1. The van der Waals surface area contributed by atoms with Crippen LogP contribution in [0.15, 0.2) is 46.3 Å². The van der Waals surface area contributed by atoms with Crippen molar-refractivity contribution in [2.75, 3.05) is 7.11 Å². The highest BCUT2D eigenvalue weighted by Gasteiger charge is 2.20. The summed E-state index contributed by atoms with van der Waals surface area (Å²) in [4.78, 5) is 0. The van der Waals surface area contributed by atoms with Gasteiger partial charge in [0.1, 0.15) is 5.75 Å². The van der Waals surface area contributed by atoms with E-state index in [0.717, 1.165) is 26.7 Å².